The van der Waals surface area contributed by atoms with Gasteiger partial charge in [-0.25, -0.2) is 0 Å². The molecule has 1 aromatic carbocycles. The van der Waals surface area contributed by atoms with Crippen LogP contribution in [0.25, 0.3) is 0 Å². The van der Waals surface area contributed by atoms with Gasteiger partial charge in [0, 0.05) is 6.04 Å². The monoisotopic (exact) mass is 289 g/mol. The molecule has 1 N–H and O–H groups in total. The van der Waals surface area contributed by atoms with Gasteiger partial charge in [0.25, 0.3) is 0 Å². The summed E-state index contributed by atoms with van der Waals surface area (Å²) in [5.41, 5.74) is 2.79. The second-order valence-electron chi connectivity index (χ2n) is 6.83. The maximum atomic E-state index is 6.19. The first-order valence-corrected chi connectivity index (χ1v) is 8.57. The SMILES string of the molecule is CC1CCCC(OCc2ccccc2CCNC(C)C)C1. The molecule has 2 nitrogen and oxygen atoms in total. The molecule has 0 heterocycles. The molecular formula is C19H31NO. The van der Waals surface area contributed by atoms with Crippen LogP contribution < -0.4 is 5.32 Å². The number of nitrogens with one attached hydrogen (secondary N) is 1. The van der Waals surface area contributed by atoms with Crippen LogP contribution in [0, 0.1) is 5.92 Å². The van der Waals surface area contributed by atoms with Gasteiger partial charge in [0.05, 0.1) is 12.7 Å². The van der Waals surface area contributed by atoms with E-state index in [4.69, 9.17) is 4.74 Å². The van der Waals surface area contributed by atoms with Gasteiger partial charge in [0.1, 0.15) is 0 Å². The van der Waals surface area contributed by atoms with Crippen molar-refractivity contribution in [2.75, 3.05) is 6.54 Å². The molecule has 0 saturated heterocycles. The highest BCUT2D eigenvalue weighted by Gasteiger charge is 2.19. The van der Waals surface area contributed by atoms with Gasteiger partial charge in [0.2, 0.25) is 0 Å². The molecule has 0 radical (unpaired) electrons. The lowest BCUT2D eigenvalue weighted by atomic mass is 9.89. The number of rotatable bonds is 7. The van der Waals surface area contributed by atoms with Gasteiger partial charge in [-0.05, 0) is 42.9 Å². The number of hydrogen-bond donors (Lipinski definition) is 1. The van der Waals surface area contributed by atoms with Crippen LogP contribution in [0.5, 0.6) is 0 Å². The van der Waals surface area contributed by atoms with Gasteiger partial charge in [-0.3, -0.25) is 0 Å². The minimum Gasteiger partial charge on any atom is -0.374 e. The minimum absolute atomic E-state index is 0.468. The van der Waals surface area contributed by atoms with Crippen LogP contribution in [-0.2, 0) is 17.8 Å². The van der Waals surface area contributed by atoms with E-state index in [1.807, 2.05) is 0 Å². The maximum Gasteiger partial charge on any atom is 0.0723 e. The van der Waals surface area contributed by atoms with Crippen LogP contribution in [0.15, 0.2) is 24.3 Å². The summed E-state index contributed by atoms with van der Waals surface area (Å²) in [4.78, 5) is 0. The number of ether oxygens (including phenoxy) is 1. The molecule has 1 aliphatic carbocycles. The third-order valence-corrected chi connectivity index (χ3v) is 4.43. The van der Waals surface area contributed by atoms with Crippen LogP contribution in [-0.4, -0.2) is 18.7 Å². The summed E-state index contributed by atoms with van der Waals surface area (Å²) in [5, 5.41) is 3.49. The van der Waals surface area contributed by atoms with E-state index in [2.05, 4.69) is 50.4 Å². The predicted octanol–water partition coefficient (Wildman–Crippen LogP) is 4.32. The summed E-state index contributed by atoms with van der Waals surface area (Å²) in [6, 6.07) is 9.27. The van der Waals surface area contributed by atoms with Crippen LogP contribution in [0.1, 0.15) is 57.6 Å². The zero-order valence-corrected chi connectivity index (χ0v) is 13.9. The molecule has 0 aliphatic heterocycles. The van der Waals surface area contributed by atoms with Crippen molar-refractivity contribution in [1.82, 2.24) is 5.32 Å². The van der Waals surface area contributed by atoms with Gasteiger partial charge < -0.3 is 10.1 Å². The molecule has 2 rings (SSSR count). The molecule has 0 amide bonds. The Balaban J connectivity index is 1.84. The maximum absolute atomic E-state index is 6.19. The van der Waals surface area contributed by atoms with Gasteiger partial charge >= 0.3 is 0 Å². The fraction of sp³-hybridized carbons (Fsp3) is 0.684. The Morgan fingerprint density at radius 2 is 1.95 bits per heavy atom. The quantitative estimate of drug-likeness (QED) is 0.807. The second-order valence-corrected chi connectivity index (χ2v) is 6.83. The Bertz CT molecular complexity index is 416. The normalized spacial score (nSPS) is 22.7. The molecule has 2 heteroatoms. The van der Waals surface area contributed by atoms with Crippen LogP contribution in [0.3, 0.4) is 0 Å². The topological polar surface area (TPSA) is 21.3 Å². The zero-order valence-electron chi connectivity index (χ0n) is 13.9. The van der Waals surface area contributed by atoms with Crippen molar-refractivity contribution in [2.24, 2.45) is 5.92 Å². The van der Waals surface area contributed by atoms with Crippen molar-refractivity contribution >= 4 is 0 Å². The van der Waals surface area contributed by atoms with E-state index in [1.165, 1.54) is 36.8 Å². The van der Waals surface area contributed by atoms with E-state index in [1.54, 1.807) is 0 Å². The van der Waals surface area contributed by atoms with Gasteiger partial charge in [0.15, 0.2) is 0 Å². The Hall–Kier alpha value is -0.860. The average Bonchev–Trinajstić information content (AvgIpc) is 2.46. The summed E-state index contributed by atoms with van der Waals surface area (Å²) in [7, 11) is 0. The number of benzene rings is 1. The van der Waals surface area contributed by atoms with Gasteiger partial charge in [-0.15, -0.1) is 0 Å². The smallest absolute Gasteiger partial charge is 0.0723 e. The highest BCUT2D eigenvalue weighted by Crippen LogP contribution is 2.26. The molecule has 1 fully saturated rings. The lowest BCUT2D eigenvalue weighted by Crippen LogP contribution is -2.25. The van der Waals surface area contributed by atoms with Crippen LogP contribution in [0.4, 0.5) is 0 Å². The Morgan fingerprint density at radius 1 is 1.19 bits per heavy atom. The standard InChI is InChI=1S/C19H31NO/c1-15(2)20-12-11-17-8-4-5-9-18(17)14-21-19-10-6-7-16(3)13-19/h4-5,8-9,15-16,19-20H,6-7,10-14H2,1-3H3. The first-order chi connectivity index (χ1) is 10.1. The Kier molecular flexibility index (Phi) is 6.72. The number of hydrogen-bond acceptors (Lipinski definition) is 2. The van der Waals surface area contributed by atoms with Crippen molar-refractivity contribution in [3.8, 4) is 0 Å². The molecule has 1 aromatic rings. The van der Waals surface area contributed by atoms with Crippen LogP contribution >= 0.6 is 0 Å². The fourth-order valence-corrected chi connectivity index (χ4v) is 3.18. The lowest BCUT2D eigenvalue weighted by molar-refractivity contribution is 0.00439. The highest BCUT2D eigenvalue weighted by molar-refractivity contribution is 5.26. The van der Waals surface area contributed by atoms with Crippen molar-refractivity contribution in [3.05, 3.63) is 35.4 Å². The van der Waals surface area contributed by atoms with E-state index >= 15 is 0 Å². The Labute approximate surface area is 130 Å². The molecule has 1 aliphatic rings. The molecule has 118 valence electrons. The predicted molar refractivity (Wildman–Crippen MR) is 89.5 cm³/mol. The fourth-order valence-electron chi connectivity index (χ4n) is 3.18. The minimum atomic E-state index is 0.468. The molecule has 0 bridgehead atoms. The summed E-state index contributed by atoms with van der Waals surface area (Å²) >= 11 is 0. The third kappa shape index (κ3) is 5.80. The van der Waals surface area contributed by atoms with Gasteiger partial charge in [-0.2, -0.15) is 0 Å². The molecule has 0 spiro atoms. The van der Waals surface area contributed by atoms with E-state index in [0.717, 1.165) is 25.5 Å². The molecule has 0 aromatic heterocycles. The van der Waals surface area contributed by atoms with E-state index in [-0.39, 0.29) is 0 Å². The summed E-state index contributed by atoms with van der Waals surface area (Å²) in [6.45, 7) is 8.55. The second kappa shape index (κ2) is 8.55. The van der Waals surface area contributed by atoms with E-state index in [0.29, 0.717) is 12.1 Å². The zero-order chi connectivity index (χ0) is 15.1. The molecular weight excluding hydrogens is 258 g/mol. The highest BCUT2D eigenvalue weighted by atomic mass is 16.5. The van der Waals surface area contributed by atoms with Gasteiger partial charge in [-0.1, -0.05) is 57.9 Å². The first-order valence-electron chi connectivity index (χ1n) is 8.57. The van der Waals surface area contributed by atoms with Crippen molar-refractivity contribution in [1.29, 1.82) is 0 Å². The Morgan fingerprint density at radius 3 is 2.67 bits per heavy atom. The first kappa shape index (κ1) is 16.5. The molecule has 1 saturated carbocycles. The molecule has 21 heavy (non-hydrogen) atoms. The van der Waals surface area contributed by atoms with E-state index in [9.17, 15) is 0 Å². The van der Waals surface area contributed by atoms with Crippen LogP contribution in [0.2, 0.25) is 0 Å². The average molecular weight is 289 g/mol. The summed E-state index contributed by atoms with van der Waals surface area (Å²) in [5.74, 6) is 0.828. The molecule has 2 atom stereocenters. The summed E-state index contributed by atoms with van der Waals surface area (Å²) < 4.78 is 6.19. The summed E-state index contributed by atoms with van der Waals surface area (Å²) in [6.07, 6.45) is 6.72. The van der Waals surface area contributed by atoms with E-state index < -0.39 is 0 Å². The molecule has 2 unspecified atom stereocenters. The van der Waals surface area contributed by atoms with Crippen molar-refractivity contribution in [2.45, 2.75) is 71.6 Å². The lowest BCUT2D eigenvalue weighted by Gasteiger charge is -2.27. The van der Waals surface area contributed by atoms with Crippen molar-refractivity contribution < 1.29 is 4.74 Å². The third-order valence-electron chi connectivity index (χ3n) is 4.43. The van der Waals surface area contributed by atoms with Crippen molar-refractivity contribution in [3.63, 3.8) is 0 Å². The largest absolute Gasteiger partial charge is 0.374 e.